The van der Waals surface area contributed by atoms with Crippen LogP contribution in [0.5, 0.6) is 0 Å². The minimum absolute atomic E-state index is 0.196. The fraction of sp³-hybridized carbons (Fsp3) is 1.00. The van der Waals surface area contributed by atoms with E-state index in [9.17, 15) is 0 Å². The smallest absolute Gasteiger partial charge is 0.0678 e. The Morgan fingerprint density at radius 3 is 2.05 bits per heavy atom. The largest absolute Gasteiger partial charge is 0.373 e. The molecule has 3 atom stereocenters. The van der Waals surface area contributed by atoms with E-state index in [1.165, 1.54) is 6.42 Å². The van der Waals surface area contributed by atoms with Gasteiger partial charge in [-0.05, 0) is 46.5 Å². The van der Waals surface area contributed by atoms with Crippen LogP contribution in [0.15, 0.2) is 0 Å². The van der Waals surface area contributed by atoms with E-state index in [1.54, 1.807) is 0 Å². The van der Waals surface area contributed by atoms with Crippen LogP contribution < -0.4 is 5.32 Å². The average Bonchev–Trinajstić information content (AvgIpc) is 2.24. The summed E-state index contributed by atoms with van der Waals surface area (Å²) in [5, 5.41) is 3.67. The summed E-state index contributed by atoms with van der Waals surface area (Å²) in [4.78, 5) is 2.58. The van der Waals surface area contributed by atoms with Crippen LogP contribution in [0.2, 0.25) is 0 Å². The summed E-state index contributed by atoms with van der Waals surface area (Å²) < 4.78 is 5.82. The molecule has 0 amide bonds. The number of ether oxygens (including phenoxy) is 1. The molecule has 3 nitrogen and oxygen atoms in total. The predicted octanol–water partition coefficient (Wildman–Crippen LogP) is 2.90. The normalized spacial score (nSPS) is 29.2. The number of hydrogen-bond donors (Lipinski definition) is 1. The number of nitrogens with zero attached hydrogens (tertiary/aromatic N) is 1. The summed E-state index contributed by atoms with van der Waals surface area (Å²) in [6.45, 7) is 20.1. The zero-order chi connectivity index (χ0) is 14.7. The second kappa shape index (κ2) is 6.55. The predicted molar refractivity (Wildman–Crippen MR) is 82.6 cm³/mol. The first-order chi connectivity index (χ1) is 8.63. The topological polar surface area (TPSA) is 24.5 Å². The highest BCUT2D eigenvalue weighted by Crippen LogP contribution is 2.24. The summed E-state index contributed by atoms with van der Waals surface area (Å²) in [7, 11) is 0. The molecule has 0 saturated carbocycles. The highest BCUT2D eigenvalue weighted by Gasteiger charge is 2.30. The molecule has 1 saturated heterocycles. The van der Waals surface area contributed by atoms with Crippen molar-refractivity contribution in [3.05, 3.63) is 0 Å². The molecule has 0 spiro atoms. The molecule has 0 radical (unpaired) electrons. The monoisotopic (exact) mass is 270 g/mol. The van der Waals surface area contributed by atoms with Gasteiger partial charge in [0.2, 0.25) is 0 Å². The maximum atomic E-state index is 5.82. The van der Waals surface area contributed by atoms with E-state index in [2.05, 4.69) is 58.7 Å². The highest BCUT2D eigenvalue weighted by atomic mass is 16.5. The van der Waals surface area contributed by atoms with Crippen LogP contribution in [-0.4, -0.2) is 48.8 Å². The van der Waals surface area contributed by atoms with Gasteiger partial charge in [0.25, 0.3) is 0 Å². The lowest BCUT2D eigenvalue weighted by atomic mass is 9.85. The van der Waals surface area contributed by atoms with Gasteiger partial charge in [-0.15, -0.1) is 0 Å². The van der Waals surface area contributed by atoms with Crippen LogP contribution in [0.3, 0.4) is 0 Å². The van der Waals surface area contributed by atoms with E-state index in [-0.39, 0.29) is 5.54 Å². The molecular weight excluding hydrogens is 236 g/mol. The van der Waals surface area contributed by atoms with Gasteiger partial charge in [0, 0.05) is 31.7 Å². The van der Waals surface area contributed by atoms with Gasteiger partial charge in [0.15, 0.2) is 0 Å². The Bertz CT molecular complexity index is 264. The van der Waals surface area contributed by atoms with E-state index in [1.807, 2.05) is 0 Å². The summed E-state index contributed by atoms with van der Waals surface area (Å²) in [6.07, 6.45) is 1.93. The molecule has 1 heterocycles. The molecule has 19 heavy (non-hydrogen) atoms. The van der Waals surface area contributed by atoms with Crippen molar-refractivity contribution in [3.8, 4) is 0 Å². The first-order valence-corrected chi connectivity index (χ1v) is 7.76. The minimum Gasteiger partial charge on any atom is -0.373 e. The molecule has 1 fully saturated rings. The molecule has 0 aliphatic carbocycles. The molecule has 0 aromatic carbocycles. The molecule has 1 aliphatic heterocycles. The Morgan fingerprint density at radius 2 is 1.63 bits per heavy atom. The molecule has 0 aromatic rings. The molecule has 0 aromatic heterocycles. The lowest BCUT2D eigenvalue weighted by Crippen LogP contribution is -2.52. The van der Waals surface area contributed by atoms with Crippen molar-refractivity contribution in [2.45, 2.75) is 72.6 Å². The summed E-state index contributed by atoms with van der Waals surface area (Å²) in [5.41, 5.74) is 0.534. The molecule has 1 N–H and O–H groups in total. The minimum atomic E-state index is 0.196. The van der Waals surface area contributed by atoms with Crippen molar-refractivity contribution in [3.63, 3.8) is 0 Å². The number of rotatable bonds is 5. The first kappa shape index (κ1) is 16.9. The molecular formula is C16H34N2O. The second-order valence-corrected chi connectivity index (χ2v) is 7.72. The van der Waals surface area contributed by atoms with Gasteiger partial charge in [0.1, 0.15) is 0 Å². The van der Waals surface area contributed by atoms with Crippen molar-refractivity contribution in [1.29, 1.82) is 0 Å². The van der Waals surface area contributed by atoms with Gasteiger partial charge < -0.3 is 10.1 Å². The van der Waals surface area contributed by atoms with Gasteiger partial charge in [-0.1, -0.05) is 13.8 Å². The quantitative estimate of drug-likeness (QED) is 0.831. The Morgan fingerprint density at radius 1 is 1.11 bits per heavy atom. The lowest BCUT2D eigenvalue weighted by Gasteiger charge is -2.42. The van der Waals surface area contributed by atoms with Gasteiger partial charge in [-0.2, -0.15) is 0 Å². The van der Waals surface area contributed by atoms with Crippen LogP contribution in [0.25, 0.3) is 0 Å². The third-order valence-corrected chi connectivity index (χ3v) is 4.00. The molecule has 1 rings (SSSR count). The SMILES string of the molecule is CCC(C)(CNC(C)(C)C)CN1C[C@@H](C)O[C@@H](C)C1. The van der Waals surface area contributed by atoms with Gasteiger partial charge in [-0.25, -0.2) is 0 Å². The van der Waals surface area contributed by atoms with Crippen LogP contribution in [0, 0.1) is 5.41 Å². The summed E-state index contributed by atoms with van der Waals surface area (Å²) in [5.74, 6) is 0. The van der Waals surface area contributed by atoms with E-state index in [0.717, 1.165) is 26.2 Å². The number of hydrogen-bond acceptors (Lipinski definition) is 3. The molecule has 1 aliphatic rings. The second-order valence-electron chi connectivity index (χ2n) is 7.72. The van der Waals surface area contributed by atoms with Crippen LogP contribution in [-0.2, 0) is 4.74 Å². The zero-order valence-corrected chi connectivity index (χ0v) is 14.0. The third-order valence-electron chi connectivity index (χ3n) is 4.00. The van der Waals surface area contributed by atoms with Crippen LogP contribution in [0.4, 0.5) is 0 Å². The van der Waals surface area contributed by atoms with E-state index >= 15 is 0 Å². The Hall–Kier alpha value is -0.120. The fourth-order valence-electron chi connectivity index (χ4n) is 2.72. The molecule has 0 bridgehead atoms. The van der Waals surface area contributed by atoms with Crippen LogP contribution in [0.1, 0.15) is 54.9 Å². The van der Waals surface area contributed by atoms with Crippen molar-refractivity contribution >= 4 is 0 Å². The standard InChI is InChI=1S/C16H34N2O/c1-8-16(7,11-17-15(4,5)6)12-18-9-13(2)19-14(3)10-18/h13-14,17H,8-12H2,1-7H3/t13-,14+,16?. The third kappa shape index (κ3) is 6.24. The average molecular weight is 270 g/mol. The molecule has 1 unspecified atom stereocenters. The molecule has 3 heteroatoms. The van der Waals surface area contributed by atoms with Crippen molar-refractivity contribution < 1.29 is 4.74 Å². The lowest BCUT2D eigenvalue weighted by molar-refractivity contribution is -0.0771. The number of morpholine rings is 1. The Balaban J connectivity index is 2.54. The summed E-state index contributed by atoms with van der Waals surface area (Å²) in [6, 6.07) is 0. The summed E-state index contributed by atoms with van der Waals surface area (Å²) >= 11 is 0. The van der Waals surface area contributed by atoms with Crippen LogP contribution >= 0.6 is 0 Å². The highest BCUT2D eigenvalue weighted by molar-refractivity contribution is 4.85. The Labute approximate surface area is 120 Å². The van der Waals surface area contributed by atoms with Gasteiger partial charge in [-0.3, -0.25) is 4.90 Å². The van der Waals surface area contributed by atoms with Crippen molar-refractivity contribution in [2.24, 2.45) is 5.41 Å². The maximum absolute atomic E-state index is 5.82. The van der Waals surface area contributed by atoms with E-state index in [0.29, 0.717) is 17.6 Å². The van der Waals surface area contributed by atoms with Gasteiger partial charge >= 0.3 is 0 Å². The van der Waals surface area contributed by atoms with Crippen molar-refractivity contribution in [2.75, 3.05) is 26.2 Å². The molecule has 114 valence electrons. The van der Waals surface area contributed by atoms with E-state index < -0.39 is 0 Å². The maximum Gasteiger partial charge on any atom is 0.0678 e. The first-order valence-electron chi connectivity index (χ1n) is 7.76. The van der Waals surface area contributed by atoms with E-state index in [4.69, 9.17) is 4.74 Å². The van der Waals surface area contributed by atoms with Crippen molar-refractivity contribution in [1.82, 2.24) is 10.2 Å². The van der Waals surface area contributed by atoms with Gasteiger partial charge in [0.05, 0.1) is 12.2 Å². The fourth-order valence-corrected chi connectivity index (χ4v) is 2.72. The zero-order valence-electron chi connectivity index (χ0n) is 14.0. The number of nitrogens with one attached hydrogen (secondary N) is 1. The Kier molecular flexibility index (Phi) is 5.84.